The van der Waals surface area contributed by atoms with Gasteiger partial charge in [-0.15, -0.1) is 0 Å². The summed E-state index contributed by atoms with van der Waals surface area (Å²) >= 11 is 0. The summed E-state index contributed by atoms with van der Waals surface area (Å²) in [5.41, 5.74) is 15.1. The van der Waals surface area contributed by atoms with Crippen molar-refractivity contribution in [2.75, 3.05) is 16.8 Å². The lowest BCUT2D eigenvalue weighted by Crippen LogP contribution is -1.97. The first-order valence-electron chi connectivity index (χ1n) is 5.83. The van der Waals surface area contributed by atoms with E-state index >= 15 is 0 Å². The van der Waals surface area contributed by atoms with Crippen LogP contribution in [0.2, 0.25) is 0 Å². The Morgan fingerprint density at radius 1 is 0.789 bits per heavy atom. The molecule has 100 valence electrons. The van der Waals surface area contributed by atoms with Gasteiger partial charge in [0.05, 0.1) is 11.4 Å². The molecule has 0 saturated carbocycles. The molecule has 5 heteroatoms. The minimum atomic E-state index is 0.0604. The van der Waals surface area contributed by atoms with Crippen LogP contribution in [0.3, 0.4) is 0 Å². The van der Waals surface area contributed by atoms with Crippen molar-refractivity contribution in [1.82, 2.24) is 0 Å². The minimum Gasteiger partial charge on any atom is -0.506 e. The van der Waals surface area contributed by atoms with Crippen LogP contribution in [0.4, 0.5) is 22.7 Å². The van der Waals surface area contributed by atoms with E-state index in [2.05, 4.69) is 5.32 Å². The fourth-order valence-corrected chi connectivity index (χ4v) is 1.76. The second-order valence-electron chi connectivity index (χ2n) is 4.58. The molecule has 0 aromatic heterocycles. The van der Waals surface area contributed by atoms with Crippen molar-refractivity contribution in [2.45, 2.75) is 13.8 Å². The number of rotatable bonds is 2. The number of hydrogen-bond donors (Lipinski definition) is 5. The van der Waals surface area contributed by atoms with Gasteiger partial charge in [0.2, 0.25) is 0 Å². The predicted molar refractivity (Wildman–Crippen MR) is 77.8 cm³/mol. The first-order valence-corrected chi connectivity index (χ1v) is 5.83. The Bertz CT molecular complexity index is 584. The largest absolute Gasteiger partial charge is 0.506 e. The lowest BCUT2D eigenvalue weighted by Gasteiger charge is -2.13. The van der Waals surface area contributed by atoms with Gasteiger partial charge in [-0.25, -0.2) is 0 Å². The highest BCUT2D eigenvalue weighted by Gasteiger charge is 2.09. The van der Waals surface area contributed by atoms with Crippen LogP contribution in [0.1, 0.15) is 11.1 Å². The molecule has 0 atom stereocenters. The average molecular weight is 259 g/mol. The maximum absolute atomic E-state index is 9.86. The minimum absolute atomic E-state index is 0.0604. The quantitative estimate of drug-likeness (QED) is 0.324. The SMILES string of the molecule is Cc1cc(O)c(Nc2cc(N)c(C)cc2O)cc1N. The van der Waals surface area contributed by atoms with Crippen LogP contribution in [0.25, 0.3) is 0 Å². The summed E-state index contributed by atoms with van der Waals surface area (Å²) in [4.78, 5) is 0. The summed E-state index contributed by atoms with van der Waals surface area (Å²) in [6.07, 6.45) is 0. The van der Waals surface area contributed by atoms with Gasteiger partial charge in [0.25, 0.3) is 0 Å². The van der Waals surface area contributed by atoms with Gasteiger partial charge in [0, 0.05) is 11.4 Å². The summed E-state index contributed by atoms with van der Waals surface area (Å²) in [6.45, 7) is 3.61. The molecule has 2 rings (SSSR count). The number of phenolic OH excluding ortho intramolecular Hbond substituents is 2. The van der Waals surface area contributed by atoms with E-state index in [9.17, 15) is 10.2 Å². The van der Waals surface area contributed by atoms with Gasteiger partial charge in [-0.2, -0.15) is 0 Å². The lowest BCUT2D eigenvalue weighted by molar-refractivity contribution is 0.474. The molecule has 0 spiro atoms. The molecule has 0 heterocycles. The zero-order chi connectivity index (χ0) is 14.2. The summed E-state index contributed by atoms with van der Waals surface area (Å²) in [6, 6.07) is 6.35. The molecular weight excluding hydrogens is 242 g/mol. The molecular formula is C14H17N3O2. The van der Waals surface area contributed by atoms with Crippen LogP contribution in [-0.4, -0.2) is 10.2 Å². The van der Waals surface area contributed by atoms with Crippen LogP contribution < -0.4 is 16.8 Å². The third-order valence-electron chi connectivity index (χ3n) is 3.04. The van der Waals surface area contributed by atoms with Gasteiger partial charge in [0.1, 0.15) is 11.5 Å². The summed E-state index contributed by atoms with van der Waals surface area (Å²) < 4.78 is 0. The first kappa shape index (κ1) is 12.9. The molecule has 0 fully saturated rings. The third-order valence-corrected chi connectivity index (χ3v) is 3.04. The highest BCUT2D eigenvalue weighted by atomic mass is 16.3. The average Bonchev–Trinajstić information content (AvgIpc) is 2.32. The molecule has 5 nitrogen and oxygen atoms in total. The fourth-order valence-electron chi connectivity index (χ4n) is 1.76. The Morgan fingerprint density at radius 2 is 1.16 bits per heavy atom. The number of nitrogen functional groups attached to an aromatic ring is 2. The highest BCUT2D eigenvalue weighted by molar-refractivity contribution is 5.76. The maximum atomic E-state index is 9.86. The number of nitrogens with one attached hydrogen (secondary N) is 1. The van der Waals surface area contributed by atoms with Gasteiger partial charge < -0.3 is 27.0 Å². The lowest BCUT2D eigenvalue weighted by atomic mass is 10.1. The van der Waals surface area contributed by atoms with E-state index in [0.29, 0.717) is 22.7 Å². The number of aromatic hydroxyl groups is 2. The van der Waals surface area contributed by atoms with Crippen LogP contribution in [-0.2, 0) is 0 Å². The number of hydrogen-bond acceptors (Lipinski definition) is 5. The van der Waals surface area contributed by atoms with Gasteiger partial charge in [0.15, 0.2) is 0 Å². The van der Waals surface area contributed by atoms with E-state index < -0.39 is 0 Å². The van der Waals surface area contributed by atoms with E-state index in [1.54, 1.807) is 38.1 Å². The van der Waals surface area contributed by atoms with Crippen molar-refractivity contribution in [1.29, 1.82) is 0 Å². The van der Waals surface area contributed by atoms with Crippen LogP contribution in [0.5, 0.6) is 11.5 Å². The molecule has 0 aliphatic heterocycles. The second-order valence-corrected chi connectivity index (χ2v) is 4.58. The Labute approximate surface area is 111 Å². The molecule has 0 saturated heterocycles. The molecule has 2 aromatic rings. The Balaban J connectivity index is 2.42. The summed E-state index contributed by atoms with van der Waals surface area (Å²) in [5, 5.41) is 22.6. The van der Waals surface area contributed by atoms with Crippen molar-refractivity contribution < 1.29 is 10.2 Å². The number of aryl methyl sites for hydroxylation is 2. The molecule has 19 heavy (non-hydrogen) atoms. The fraction of sp³-hybridized carbons (Fsp3) is 0.143. The van der Waals surface area contributed by atoms with E-state index in [4.69, 9.17) is 11.5 Å². The normalized spacial score (nSPS) is 10.4. The van der Waals surface area contributed by atoms with Crippen molar-refractivity contribution in [2.24, 2.45) is 0 Å². The van der Waals surface area contributed by atoms with Crippen molar-refractivity contribution in [3.05, 3.63) is 35.4 Å². The molecule has 0 amide bonds. The van der Waals surface area contributed by atoms with Crippen LogP contribution in [0.15, 0.2) is 24.3 Å². The van der Waals surface area contributed by atoms with Crippen LogP contribution >= 0.6 is 0 Å². The van der Waals surface area contributed by atoms with E-state index in [-0.39, 0.29) is 11.5 Å². The van der Waals surface area contributed by atoms with Crippen molar-refractivity contribution in [3.8, 4) is 11.5 Å². The topological polar surface area (TPSA) is 105 Å². The van der Waals surface area contributed by atoms with E-state index in [0.717, 1.165) is 11.1 Å². The molecule has 0 aliphatic rings. The standard InChI is InChI=1S/C14H17N3O2/c1-7-3-13(18)11(5-9(7)15)17-12-6-10(16)8(2)4-14(12)19/h3-6,17-19H,15-16H2,1-2H3. The number of nitrogens with two attached hydrogens (primary N) is 2. The molecule has 0 unspecified atom stereocenters. The summed E-state index contributed by atoms with van der Waals surface area (Å²) in [5.74, 6) is 0.121. The number of phenols is 2. The second kappa shape index (κ2) is 4.61. The van der Waals surface area contributed by atoms with Gasteiger partial charge >= 0.3 is 0 Å². The molecule has 0 bridgehead atoms. The molecule has 0 aliphatic carbocycles. The Hall–Kier alpha value is -2.56. The van der Waals surface area contributed by atoms with Crippen molar-refractivity contribution >= 4 is 22.7 Å². The monoisotopic (exact) mass is 259 g/mol. The number of anilines is 4. The van der Waals surface area contributed by atoms with E-state index in [1.807, 2.05) is 0 Å². The summed E-state index contributed by atoms with van der Waals surface area (Å²) in [7, 11) is 0. The molecule has 2 aromatic carbocycles. The first-order chi connectivity index (χ1) is 8.88. The van der Waals surface area contributed by atoms with Gasteiger partial charge in [-0.05, 0) is 49.2 Å². The van der Waals surface area contributed by atoms with E-state index in [1.165, 1.54) is 0 Å². The molecule has 7 N–H and O–H groups in total. The third kappa shape index (κ3) is 2.49. The Morgan fingerprint density at radius 3 is 1.53 bits per heavy atom. The highest BCUT2D eigenvalue weighted by Crippen LogP contribution is 2.35. The smallest absolute Gasteiger partial charge is 0.139 e. The predicted octanol–water partition coefficient (Wildman–Crippen LogP) is 2.62. The zero-order valence-corrected chi connectivity index (χ0v) is 10.9. The number of benzene rings is 2. The van der Waals surface area contributed by atoms with Crippen LogP contribution in [0, 0.1) is 13.8 Å². The van der Waals surface area contributed by atoms with Gasteiger partial charge in [-0.1, -0.05) is 0 Å². The Kier molecular flexibility index (Phi) is 3.12. The van der Waals surface area contributed by atoms with Gasteiger partial charge in [-0.3, -0.25) is 0 Å². The maximum Gasteiger partial charge on any atom is 0.139 e. The zero-order valence-electron chi connectivity index (χ0n) is 10.9. The molecule has 0 radical (unpaired) electrons. The van der Waals surface area contributed by atoms with Crippen molar-refractivity contribution in [3.63, 3.8) is 0 Å².